The molecule has 0 saturated carbocycles. The topological polar surface area (TPSA) is 92.1 Å². The average Bonchev–Trinajstić information content (AvgIpc) is 2.54. The van der Waals surface area contributed by atoms with Crippen LogP contribution in [0.4, 0.5) is 11.4 Å². The number of benzene rings is 1. The molecule has 0 fully saturated rings. The molecule has 0 unspecified atom stereocenters. The lowest BCUT2D eigenvalue weighted by atomic mass is 10.2. The van der Waals surface area contributed by atoms with E-state index in [1.54, 1.807) is 0 Å². The SMILES string of the molecule is Cc1cccc(NC(=S)NNC(=O)c2nc(Cl)c(Cl)c(N)c2Cl)c1. The maximum Gasteiger partial charge on any atom is 0.289 e. The summed E-state index contributed by atoms with van der Waals surface area (Å²) in [6.45, 7) is 1.95. The van der Waals surface area contributed by atoms with Gasteiger partial charge in [-0.05, 0) is 36.8 Å². The van der Waals surface area contributed by atoms with E-state index in [9.17, 15) is 4.79 Å². The van der Waals surface area contributed by atoms with E-state index >= 15 is 0 Å². The molecule has 6 nitrogen and oxygen atoms in total. The Kier molecular flexibility index (Phi) is 6.06. The molecule has 0 aliphatic rings. The number of anilines is 2. The molecular weight excluding hydrogens is 393 g/mol. The van der Waals surface area contributed by atoms with Gasteiger partial charge < -0.3 is 11.1 Å². The third-order valence-electron chi connectivity index (χ3n) is 2.85. The standard InChI is InChI=1S/C14H12Cl3N5OS/c1-6-3-2-4-7(5-6)19-14(24)22-21-13(23)11-8(15)10(18)9(16)12(17)20-11/h2-5H,1H3,(H2,18,20)(H,21,23)(H2,19,22,24). The number of hydrogen-bond donors (Lipinski definition) is 4. The largest absolute Gasteiger partial charge is 0.396 e. The van der Waals surface area contributed by atoms with Gasteiger partial charge in [0, 0.05) is 5.69 Å². The van der Waals surface area contributed by atoms with Gasteiger partial charge in [-0.3, -0.25) is 15.6 Å². The summed E-state index contributed by atoms with van der Waals surface area (Å²) < 4.78 is 0. The van der Waals surface area contributed by atoms with E-state index in [0.717, 1.165) is 11.3 Å². The van der Waals surface area contributed by atoms with Crippen LogP contribution in [0, 0.1) is 6.92 Å². The summed E-state index contributed by atoms with van der Waals surface area (Å²) >= 11 is 22.7. The molecule has 0 spiro atoms. The monoisotopic (exact) mass is 403 g/mol. The highest BCUT2D eigenvalue weighted by Crippen LogP contribution is 2.34. The molecule has 1 heterocycles. The molecule has 0 aliphatic carbocycles. The lowest BCUT2D eigenvalue weighted by Gasteiger charge is -2.13. The van der Waals surface area contributed by atoms with Gasteiger partial charge in [0.1, 0.15) is 5.02 Å². The first-order valence-electron chi connectivity index (χ1n) is 6.53. The smallest absolute Gasteiger partial charge is 0.289 e. The summed E-state index contributed by atoms with van der Waals surface area (Å²) in [7, 11) is 0. The second kappa shape index (κ2) is 7.85. The molecule has 0 bridgehead atoms. The number of hydrogen-bond acceptors (Lipinski definition) is 4. The normalized spacial score (nSPS) is 10.2. The van der Waals surface area contributed by atoms with Crippen molar-refractivity contribution in [2.45, 2.75) is 6.92 Å². The Morgan fingerprint density at radius 1 is 1.21 bits per heavy atom. The summed E-state index contributed by atoms with van der Waals surface area (Å²) in [6.07, 6.45) is 0. The zero-order valence-corrected chi connectivity index (χ0v) is 15.4. The van der Waals surface area contributed by atoms with E-state index in [1.165, 1.54) is 0 Å². The Bertz CT molecular complexity index is 815. The Balaban J connectivity index is 2.02. The van der Waals surface area contributed by atoms with Crippen molar-refractivity contribution in [3.8, 4) is 0 Å². The second-order valence-electron chi connectivity index (χ2n) is 4.70. The molecule has 1 aromatic heterocycles. The van der Waals surface area contributed by atoms with Crippen LogP contribution in [0.3, 0.4) is 0 Å². The van der Waals surface area contributed by atoms with Crippen LogP contribution in [0.1, 0.15) is 16.1 Å². The highest BCUT2D eigenvalue weighted by molar-refractivity contribution is 7.80. The van der Waals surface area contributed by atoms with Gasteiger partial charge in [0.05, 0.1) is 10.7 Å². The number of nitrogen functional groups attached to an aromatic ring is 1. The van der Waals surface area contributed by atoms with Gasteiger partial charge in [0.25, 0.3) is 5.91 Å². The number of nitrogens with zero attached hydrogens (tertiary/aromatic N) is 1. The molecule has 1 amide bonds. The fourth-order valence-corrected chi connectivity index (χ4v) is 2.50. The van der Waals surface area contributed by atoms with Gasteiger partial charge in [-0.2, -0.15) is 0 Å². The molecule has 1 aromatic carbocycles. The van der Waals surface area contributed by atoms with E-state index in [2.05, 4.69) is 21.2 Å². The Morgan fingerprint density at radius 3 is 2.58 bits per heavy atom. The number of carbonyl (C=O) groups is 1. The lowest BCUT2D eigenvalue weighted by Crippen LogP contribution is -2.44. The quantitative estimate of drug-likeness (QED) is 0.347. The minimum Gasteiger partial charge on any atom is -0.396 e. The second-order valence-corrected chi connectivity index (χ2v) is 6.22. The van der Waals surface area contributed by atoms with Crippen LogP contribution in [0.25, 0.3) is 0 Å². The molecule has 10 heteroatoms. The molecule has 2 rings (SSSR count). The highest BCUT2D eigenvalue weighted by Gasteiger charge is 2.19. The molecule has 24 heavy (non-hydrogen) atoms. The van der Waals surface area contributed by atoms with Gasteiger partial charge >= 0.3 is 0 Å². The van der Waals surface area contributed by atoms with Crippen LogP contribution in [-0.4, -0.2) is 16.0 Å². The lowest BCUT2D eigenvalue weighted by molar-refractivity contribution is 0.0939. The first kappa shape index (κ1) is 18.5. The van der Waals surface area contributed by atoms with Crippen molar-refractivity contribution in [1.82, 2.24) is 15.8 Å². The van der Waals surface area contributed by atoms with Crippen LogP contribution in [0.15, 0.2) is 24.3 Å². The van der Waals surface area contributed by atoms with E-state index in [4.69, 9.17) is 52.8 Å². The molecule has 0 saturated heterocycles. The number of rotatable bonds is 2. The number of aryl methyl sites for hydroxylation is 1. The minimum absolute atomic E-state index is 0.0113. The van der Waals surface area contributed by atoms with Gasteiger partial charge in [0.15, 0.2) is 16.0 Å². The van der Waals surface area contributed by atoms with Crippen molar-refractivity contribution in [3.63, 3.8) is 0 Å². The number of aromatic nitrogens is 1. The van der Waals surface area contributed by atoms with Crippen molar-refractivity contribution in [1.29, 1.82) is 0 Å². The number of halogens is 3. The Morgan fingerprint density at radius 2 is 1.92 bits per heavy atom. The zero-order chi connectivity index (χ0) is 17.9. The molecule has 2 aromatic rings. The summed E-state index contributed by atoms with van der Waals surface area (Å²) in [4.78, 5) is 15.9. The minimum atomic E-state index is -0.668. The molecule has 0 aliphatic heterocycles. The highest BCUT2D eigenvalue weighted by atomic mass is 35.5. The summed E-state index contributed by atoms with van der Waals surface area (Å²) in [5.74, 6) is -0.668. The first-order valence-corrected chi connectivity index (χ1v) is 8.07. The van der Waals surface area contributed by atoms with Gasteiger partial charge in [-0.25, -0.2) is 4.98 Å². The third kappa shape index (κ3) is 4.39. The van der Waals surface area contributed by atoms with Gasteiger partial charge in [-0.1, -0.05) is 46.9 Å². The van der Waals surface area contributed by atoms with Crippen LogP contribution < -0.4 is 21.9 Å². The van der Waals surface area contributed by atoms with Crippen molar-refractivity contribution >= 4 is 69.4 Å². The zero-order valence-electron chi connectivity index (χ0n) is 12.3. The molecule has 126 valence electrons. The number of hydrazine groups is 1. The van der Waals surface area contributed by atoms with Crippen molar-refractivity contribution in [2.24, 2.45) is 0 Å². The maximum absolute atomic E-state index is 12.1. The molecule has 0 atom stereocenters. The van der Waals surface area contributed by atoms with E-state index in [0.29, 0.717) is 0 Å². The van der Waals surface area contributed by atoms with Crippen LogP contribution in [-0.2, 0) is 0 Å². The van der Waals surface area contributed by atoms with E-state index in [-0.39, 0.29) is 31.7 Å². The summed E-state index contributed by atoms with van der Waals surface area (Å²) in [6, 6.07) is 7.56. The van der Waals surface area contributed by atoms with Crippen LogP contribution in [0.2, 0.25) is 15.2 Å². The maximum atomic E-state index is 12.1. The molecule has 0 radical (unpaired) electrons. The Hall–Kier alpha value is -1.80. The third-order valence-corrected chi connectivity index (χ3v) is 4.19. The average molecular weight is 405 g/mol. The van der Waals surface area contributed by atoms with Gasteiger partial charge in [0.2, 0.25) is 0 Å². The molecule has 5 N–H and O–H groups in total. The fraction of sp³-hybridized carbons (Fsp3) is 0.0714. The number of nitrogens with one attached hydrogen (secondary N) is 3. The van der Waals surface area contributed by atoms with E-state index < -0.39 is 5.91 Å². The Labute approximate surface area is 158 Å². The van der Waals surface area contributed by atoms with Crippen molar-refractivity contribution in [3.05, 3.63) is 50.7 Å². The van der Waals surface area contributed by atoms with Crippen molar-refractivity contribution < 1.29 is 4.79 Å². The summed E-state index contributed by atoms with van der Waals surface area (Å²) in [5, 5.41) is 2.87. The number of carbonyl (C=O) groups excluding carboxylic acids is 1. The number of amides is 1. The predicted octanol–water partition coefficient (Wildman–Crippen LogP) is 3.56. The van der Waals surface area contributed by atoms with Gasteiger partial charge in [-0.15, -0.1) is 0 Å². The number of thiocarbonyl (C=S) groups is 1. The molecular formula is C14H12Cl3N5OS. The van der Waals surface area contributed by atoms with Crippen LogP contribution >= 0.6 is 47.0 Å². The first-order chi connectivity index (χ1) is 11.3. The predicted molar refractivity (Wildman–Crippen MR) is 102 cm³/mol. The van der Waals surface area contributed by atoms with E-state index in [1.807, 2.05) is 31.2 Å². The summed E-state index contributed by atoms with van der Waals surface area (Å²) in [5.41, 5.74) is 12.2. The number of nitrogens with two attached hydrogens (primary N) is 1. The van der Waals surface area contributed by atoms with Crippen molar-refractivity contribution in [2.75, 3.05) is 11.1 Å². The van der Waals surface area contributed by atoms with Crippen LogP contribution in [0.5, 0.6) is 0 Å². The number of pyridine rings is 1. The fourth-order valence-electron chi connectivity index (χ4n) is 1.74.